The van der Waals surface area contributed by atoms with Crippen molar-refractivity contribution in [1.82, 2.24) is 5.32 Å². The maximum absolute atomic E-state index is 12.8. The maximum Gasteiger partial charge on any atom is 0.416 e. The van der Waals surface area contributed by atoms with Gasteiger partial charge in [-0.15, -0.1) is 0 Å². The lowest BCUT2D eigenvalue weighted by atomic mass is 9.87. The van der Waals surface area contributed by atoms with Crippen molar-refractivity contribution in [3.63, 3.8) is 0 Å². The van der Waals surface area contributed by atoms with Crippen molar-refractivity contribution in [3.05, 3.63) is 34.9 Å². The van der Waals surface area contributed by atoms with Crippen molar-refractivity contribution < 1.29 is 17.9 Å². The molecule has 17 heavy (non-hydrogen) atoms. The van der Waals surface area contributed by atoms with E-state index in [1.54, 1.807) is 6.07 Å². The standard InChI is InChI=1S/C12H12F3NO/c13-12(14,15)10-3-1-2-7-8-4-16-5-11(8)17-6-9(7)10/h1-3,8,11,16H,4-6H2/t8-,11-/m0/s1. The first-order valence-corrected chi connectivity index (χ1v) is 5.58. The summed E-state index contributed by atoms with van der Waals surface area (Å²) in [7, 11) is 0. The normalized spacial score (nSPS) is 27.7. The molecule has 0 bridgehead atoms. The van der Waals surface area contributed by atoms with Crippen LogP contribution in [0.2, 0.25) is 0 Å². The molecular weight excluding hydrogens is 231 g/mol. The number of halogens is 3. The maximum atomic E-state index is 12.8. The monoisotopic (exact) mass is 243 g/mol. The third kappa shape index (κ3) is 1.73. The van der Waals surface area contributed by atoms with Gasteiger partial charge < -0.3 is 10.1 Å². The zero-order chi connectivity index (χ0) is 12.0. The molecule has 2 aliphatic heterocycles. The lowest BCUT2D eigenvalue weighted by molar-refractivity contribution is -0.139. The Morgan fingerprint density at radius 1 is 1.24 bits per heavy atom. The molecule has 0 saturated carbocycles. The summed E-state index contributed by atoms with van der Waals surface area (Å²) in [6.45, 7) is 1.48. The van der Waals surface area contributed by atoms with E-state index in [0.29, 0.717) is 12.1 Å². The lowest BCUT2D eigenvalue weighted by Crippen LogP contribution is -2.28. The van der Waals surface area contributed by atoms with Crippen molar-refractivity contribution in [2.75, 3.05) is 13.1 Å². The lowest BCUT2D eigenvalue weighted by Gasteiger charge is -2.29. The third-order valence-electron chi connectivity index (χ3n) is 3.52. The molecule has 2 atom stereocenters. The molecule has 1 fully saturated rings. The number of hydrogen-bond donors (Lipinski definition) is 1. The SMILES string of the molecule is FC(F)(F)c1cccc2c1CO[C@H]1CNC[C@@H]21. The highest BCUT2D eigenvalue weighted by Crippen LogP contribution is 2.40. The minimum absolute atomic E-state index is 0.0194. The first-order chi connectivity index (χ1) is 8.07. The zero-order valence-corrected chi connectivity index (χ0v) is 9.05. The van der Waals surface area contributed by atoms with Gasteiger partial charge in [-0.25, -0.2) is 0 Å². The highest BCUT2D eigenvalue weighted by molar-refractivity contribution is 5.41. The summed E-state index contributed by atoms with van der Waals surface area (Å²) in [4.78, 5) is 0. The van der Waals surface area contributed by atoms with E-state index < -0.39 is 11.7 Å². The molecule has 1 N–H and O–H groups in total. The Balaban J connectivity index is 2.09. The van der Waals surface area contributed by atoms with Crippen LogP contribution in [0.5, 0.6) is 0 Å². The Morgan fingerprint density at radius 2 is 2.06 bits per heavy atom. The first-order valence-electron chi connectivity index (χ1n) is 5.58. The van der Waals surface area contributed by atoms with Gasteiger partial charge in [0.15, 0.2) is 0 Å². The van der Waals surface area contributed by atoms with Crippen LogP contribution in [0.1, 0.15) is 22.6 Å². The zero-order valence-electron chi connectivity index (χ0n) is 9.05. The Labute approximate surface area is 96.8 Å². The van der Waals surface area contributed by atoms with Crippen LogP contribution in [-0.2, 0) is 17.5 Å². The second kappa shape index (κ2) is 3.71. The van der Waals surface area contributed by atoms with Gasteiger partial charge in [-0.05, 0) is 17.2 Å². The highest BCUT2D eigenvalue weighted by atomic mass is 19.4. The molecule has 2 heterocycles. The molecule has 2 aliphatic rings. The summed E-state index contributed by atoms with van der Waals surface area (Å²) in [6.07, 6.45) is -4.28. The van der Waals surface area contributed by atoms with Gasteiger partial charge in [-0.3, -0.25) is 0 Å². The predicted octanol–water partition coefficient (Wildman–Crippen LogP) is 2.29. The van der Waals surface area contributed by atoms with E-state index in [4.69, 9.17) is 4.74 Å². The van der Waals surface area contributed by atoms with E-state index in [-0.39, 0.29) is 18.6 Å². The molecule has 0 unspecified atom stereocenters. The molecule has 0 amide bonds. The van der Waals surface area contributed by atoms with Crippen LogP contribution in [0, 0.1) is 0 Å². The summed E-state index contributed by atoms with van der Waals surface area (Å²) in [6, 6.07) is 4.41. The average molecular weight is 243 g/mol. The van der Waals surface area contributed by atoms with Crippen LogP contribution in [0.3, 0.4) is 0 Å². The molecule has 0 radical (unpaired) electrons. The molecule has 1 aromatic rings. The van der Waals surface area contributed by atoms with Gasteiger partial charge in [0, 0.05) is 19.0 Å². The number of fused-ring (bicyclic) bond motifs is 3. The number of ether oxygens (including phenoxy) is 1. The molecule has 5 heteroatoms. The van der Waals surface area contributed by atoms with Gasteiger partial charge in [0.2, 0.25) is 0 Å². The average Bonchev–Trinajstić information content (AvgIpc) is 2.75. The smallest absolute Gasteiger partial charge is 0.372 e. The van der Waals surface area contributed by atoms with Crippen LogP contribution in [0.25, 0.3) is 0 Å². The Morgan fingerprint density at radius 3 is 2.82 bits per heavy atom. The molecule has 0 aliphatic carbocycles. The van der Waals surface area contributed by atoms with Crippen LogP contribution < -0.4 is 5.32 Å². The van der Waals surface area contributed by atoms with E-state index >= 15 is 0 Å². The molecular formula is C12H12F3NO. The van der Waals surface area contributed by atoms with Crippen LogP contribution in [-0.4, -0.2) is 19.2 Å². The number of alkyl halides is 3. The summed E-state index contributed by atoms with van der Waals surface area (Å²) in [5.41, 5.74) is 0.548. The summed E-state index contributed by atoms with van der Waals surface area (Å²) in [5, 5.41) is 3.16. The van der Waals surface area contributed by atoms with Crippen molar-refractivity contribution in [3.8, 4) is 0 Å². The van der Waals surface area contributed by atoms with Crippen molar-refractivity contribution in [2.24, 2.45) is 0 Å². The summed E-state index contributed by atoms with van der Waals surface area (Å²) < 4.78 is 44.0. The number of nitrogens with one attached hydrogen (secondary N) is 1. The van der Waals surface area contributed by atoms with Crippen LogP contribution in [0.4, 0.5) is 13.2 Å². The minimum atomic E-state index is -4.30. The molecule has 0 spiro atoms. The fourth-order valence-corrected chi connectivity index (χ4v) is 2.71. The van der Waals surface area contributed by atoms with E-state index in [1.165, 1.54) is 6.07 Å². The van der Waals surface area contributed by atoms with E-state index in [1.807, 2.05) is 0 Å². The van der Waals surface area contributed by atoms with Gasteiger partial charge >= 0.3 is 6.18 Å². The van der Waals surface area contributed by atoms with E-state index in [0.717, 1.165) is 18.2 Å². The van der Waals surface area contributed by atoms with Gasteiger partial charge in [-0.1, -0.05) is 12.1 Å². The number of hydrogen-bond acceptors (Lipinski definition) is 2. The Hall–Kier alpha value is -1.07. The Kier molecular flexibility index (Phi) is 2.41. The third-order valence-corrected chi connectivity index (χ3v) is 3.52. The molecule has 1 saturated heterocycles. The number of benzene rings is 1. The molecule has 0 aromatic heterocycles. The van der Waals surface area contributed by atoms with Crippen LogP contribution >= 0.6 is 0 Å². The van der Waals surface area contributed by atoms with Gasteiger partial charge in [0.25, 0.3) is 0 Å². The Bertz CT molecular complexity index is 444. The largest absolute Gasteiger partial charge is 0.416 e. The molecule has 1 aromatic carbocycles. The molecule has 92 valence electrons. The van der Waals surface area contributed by atoms with Crippen molar-refractivity contribution >= 4 is 0 Å². The minimum Gasteiger partial charge on any atom is -0.372 e. The fourth-order valence-electron chi connectivity index (χ4n) is 2.71. The molecule has 2 nitrogen and oxygen atoms in total. The van der Waals surface area contributed by atoms with Gasteiger partial charge in [-0.2, -0.15) is 13.2 Å². The second-order valence-corrected chi connectivity index (χ2v) is 4.49. The van der Waals surface area contributed by atoms with E-state index in [2.05, 4.69) is 5.32 Å². The van der Waals surface area contributed by atoms with Gasteiger partial charge in [0.05, 0.1) is 18.3 Å². The highest BCUT2D eigenvalue weighted by Gasteiger charge is 2.40. The summed E-state index contributed by atoms with van der Waals surface area (Å²) >= 11 is 0. The van der Waals surface area contributed by atoms with E-state index in [9.17, 15) is 13.2 Å². The van der Waals surface area contributed by atoms with Crippen LogP contribution in [0.15, 0.2) is 18.2 Å². The number of rotatable bonds is 0. The first kappa shape index (κ1) is 11.0. The van der Waals surface area contributed by atoms with Crippen molar-refractivity contribution in [2.45, 2.75) is 24.8 Å². The molecule has 3 rings (SSSR count). The topological polar surface area (TPSA) is 21.3 Å². The predicted molar refractivity (Wildman–Crippen MR) is 55.6 cm³/mol. The second-order valence-electron chi connectivity index (χ2n) is 4.49. The quantitative estimate of drug-likeness (QED) is 0.754. The fraction of sp³-hybridized carbons (Fsp3) is 0.500. The summed E-state index contributed by atoms with van der Waals surface area (Å²) in [5.74, 6) is 0.0565. The van der Waals surface area contributed by atoms with Gasteiger partial charge in [0.1, 0.15) is 0 Å². The van der Waals surface area contributed by atoms with Crippen molar-refractivity contribution in [1.29, 1.82) is 0 Å².